The first-order valence-corrected chi connectivity index (χ1v) is 15.1. The summed E-state index contributed by atoms with van der Waals surface area (Å²) in [4.78, 5) is 0. The molecule has 0 aliphatic heterocycles. The van der Waals surface area contributed by atoms with Crippen molar-refractivity contribution in [3.8, 4) is 0 Å². The number of hydrogen-bond acceptors (Lipinski definition) is 0. The molecule has 0 nitrogen and oxygen atoms in total. The third-order valence-corrected chi connectivity index (χ3v) is 14.2. The summed E-state index contributed by atoms with van der Waals surface area (Å²) in [6.07, 6.45) is 15.3. The fraction of sp³-hybridized carbons (Fsp3) is 1.00. The number of fused-ring (bicyclic) bond motifs is 1. The van der Waals surface area contributed by atoms with Gasteiger partial charge in [0, 0.05) is 0 Å². The Morgan fingerprint density at radius 2 is 1.59 bits per heavy atom. The van der Waals surface area contributed by atoms with Gasteiger partial charge in [-0.1, -0.05) is 81.1 Å². The molecule has 13 atom stereocenters. The zero-order valence-corrected chi connectivity index (χ0v) is 22.8. The van der Waals surface area contributed by atoms with Crippen LogP contribution in [0, 0.1) is 80.8 Å². The van der Waals surface area contributed by atoms with E-state index in [1.54, 1.807) is 32.1 Å². The molecule has 32 heavy (non-hydrogen) atoms. The quantitative estimate of drug-likeness (QED) is 0.410. The van der Waals surface area contributed by atoms with Gasteiger partial charge in [0.2, 0.25) is 0 Å². The second-order valence-electron chi connectivity index (χ2n) is 15.7. The van der Waals surface area contributed by atoms with E-state index in [-0.39, 0.29) is 0 Å². The van der Waals surface area contributed by atoms with E-state index in [9.17, 15) is 0 Å². The molecule has 13 unspecified atom stereocenters. The van der Waals surface area contributed by atoms with Crippen LogP contribution in [0.2, 0.25) is 0 Å². The molecule has 0 heteroatoms. The third-order valence-electron chi connectivity index (χ3n) is 14.2. The summed E-state index contributed by atoms with van der Waals surface area (Å²) in [5.74, 6) is 10.2. The minimum Gasteiger partial charge on any atom is -0.0651 e. The largest absolute Gasteiger partial charge is 0.0651 e. The van der Waals surface area contributed by atoms with Crippen LogP contribution < -0.4 is 0 Å². The van der Waals surface area contributed by atoms with Gasteiger partial charge < -0.3 is 0 Å². The lowest BCUT2D eigenvalue weighted by molar-refractivity contribution is 0.121. The van der Waals surface area contributed by atoms with Gasteiger partial charge in [0.15, 0.2) is 0 Å². The Balaban J connectivity index is 1.32. The molecule has 6 aliphatic carbocycles. The van der Waals surface area contributed by atoms with E-state index in [1.165, 1.54) is 32.1 Å². The van der Waals surface area contributed by atoms with Crippen LogP contribution in [0.1, 0.15) is 120 Å². The van der Waals surface area contributed by atoms with Gasteiger partial charge in [-0.15, -0.1) is 0 Å². The molecule has 0 radical (unpaired) electrons. The third kappa shape index (κ3) is 2.57. The highest BCUT2D eigenvalue weighted by molar-refractivity contribution is 5.30. The number of hydrogen-bond donors (Lipinski definition) is 0. The molecule has 2 spiro atoms. The van der Waals surface area contributed by atoms with Crippen LogP contribution in [-0.4, -0.2) is 0 Å². The molecule has 0 aromatic carbocycles. The molecule has 0 aromatic heterocycles. The van der Waals surface area contributed by atoms with E-state index in [0.29, 0.717) is 10.8 Å². The van der Waals surface area contributed by atoms with Crippen molar-refractivity contribution in [1.82, 2.24) is 0 Å². The van der Waals surface area contributed by atoms with Crippen molar-refractivity contribution in [3.63, 3.8) is 0 Å². The Kier molecular flexibility index (Phi) is 4.78. The van der Waals surface area contributed by atoms with Gasteiger partial charge >= 0.3 is 0 Å². The Morgan fingerprint density at radius 1 is 0.844 bits per heavy atom. The van der Waals surface area contributed by atoms with Crippen LogP contribution >= 0.6 is 0 Å². The Labute approximate surface area is 200 Å². The van der Waals surface area contributed by atoms with Gasteiger partial charge in [0.1, 0.15) is 0 Å². The summed E-state index contributed by atoms with van der Waals surface area (Å²) in [5, 5.41) is 0. The fourth-order valence-electron chi connectivity index (χ4n) is 13.1. The summed E-state index contributed by atoms with van der Waals surface area (Å²) in [6, 6.07) is 0. The molecule has 0 N–H and O–H groups in total. The van der Waals surface area contributed by atoms with Crippen LogP contribution in [-0.2, 0) is 0 Å². The van der Waals surface area contributed by atoms with Gasteiger partial charge in [0.25, 0.3) is 0 Å². The maximum atomic E-state index is 2.77. The first-order chi connectivity index (χ1) is 15.1. The van der Waals surface area contributed by atoms with Gasteiger partial charge in [-0.05, 0) is 119 Å². The van der Waals surface area contributed by atoms with Crippen LogP contribution in [0.3, 0.4) is 0 Å². The SMILES string of the molecule is CCC1CCC(C)C2C(CC)C(C)C3C(CC4C5(C)CC(C)CC6CC45CC6(C)C)C23C1. The molecular weight excluding hydrogens is 384 g/mol. The lowest BCUT2D eigenvalue weighted by atomic mass is 9.69. The second kappa shape index (κ2) is 6.81. The molecule has 6 aliphatic rings. The van der Waals surface area contributed by atoms with E-state index in [2.05, 4.69) is 55.4 Å². The standard InChI is InChI=1S/C32H54/c1-9-22-12-11-20(4)27-24(10-2)21(5)28-25(32(27,28)16-22)14-26-30(8)15-19(3)13-23-17-31(26,30)18-29(23,6)7/h19-28H,9-18H2,1-8H3. The van der Waals surface area contributed by atoms with Crippen LogP contribution in [0.4, 0.5) is 0 Å². The Bertz CT molecular complexity index is 764. The molecule has 6 fully saturated rings. The zero-order valence-electron chi connectivity index (χ0n) is 22.8. The second-order valence-corrected chi connectivity index (χ2v) is 15.7. The smallest absolute Gasteiger partial charge is 0.0196 e. The van der Waals surface area contributed by atoms with Crippen LogP contribution in [0.25, 0.3) is 0 Å². The van der Waals surface area contributed by atoms with E-state index in [1.807, 2.05) is 0 Å². The fourth-order valence-corrected chi connectivity index (χ4v) is 13.1. The van der Waals surface area contributed by atoms with Crippen LogP contribution in [0.15, 0.2) is 0 Å². The first kappa shape index (κ1) is 22.5. The Morgan fingerprint density at radius 3 is 2.28 bits per heavy atom. The molecule has 6 rings (SSSR count). The minimum atomic E-state index is 0.593. The summed E-state index contributed by atoms with van der Waals surface area (Å²) < 4.78 is 0. The predicted octanol–water partition coefficient (Wildman–Crippen LogP) is 9.24. The van der Waals surface area contributed by atoms with E-state index in [4.69, 9.17) is 0 Å². The van der Waals surface area contributed by atoms with Gasteiger partial charge in [-0.3, -0.25) is 0 Å². The number of rotatable bonds is 4. The minimum absolute atomic E-state index is 0.593. The molecule has 182 valence electrons. The average molecular weight is 439 g/mol. The molecular formula is C32H54. The van der Waals surface area contributed by atoms with Gasteiger partial charge in [-0.25, -0.2) is 0 Å². The van der Waals surface area contributed by atoms with E-state index in [0.717, 1.165) is 70.0 Å². The topological polar surface area (TPSA) is 0 Å². The maximum absolute atomic E-state index is 2.77. The molecule has 0 amide bonds. The highest BCUT2D eigenvalue weighted by atomic mass is 14.9. The maximum Gasteiger partial charge on any atom is -0.0196 e. The van der Waals surface area contributed by atoms with Crippen molar-refractivity contribution in [2.24, 2.45) is 80.8 Å². The summed E-state index contributed by atoms with van der Waals surface area (Å²) >= 11 is 0. The highest BCUT2D eigenvalue weighted by Gasteiger charge is 2.82. The molecule has 0 heterocycles. The molecule has 6 saturated carbocycles. The van der Waals surface area contributed by atoms with Crippen molar-refractivity contribution < 1.29 is 0 Å². The summed E-state index contributed by atoms with van der Waals surface area (Å²) in [6.45, 7) is 21.0. The van der Waals surface area contributed by atoms with Gasteiger partial charge in [-0.2, -0.15) is 0 Å². The Hall–Kier alpha value is 0. The van der Waals surface area contributed by atoms with Crippen molar-refractivity contribution in [3.05, 3.63) is 0 Å². The predicted molar refractivity (Wildman–Crippen MR) is 136 cm³/mol. The zero-order chi connectivity index (χ0) is 22.8. The highest BCUT2D eigenvalue weighted by Crippen LogP contribution is 2.88. The normalized spacial score (nSPS) is 61.9. The van der Waals surface area contributed by atoms with E-state index < -0.39 is 0 Å². The molecule has 0 saturated heterocycles. The van der Waals surface area contributed by atoms with Crippen molar-refractivity contribution in [2.75, 3.05) is 0 Å². The molecule has 0 aromatic rings. The first-order valence-electron chi connectivity index (χ1n) is 15.1. The average Bonchev–Trinajstić information content (AvgIpc) is 3.42. The van der Waals surface area contributed by atoms with Gasteiger partial charge in [0.05, 0.1) is 0 Å². The van der Waals surface area contributed by atoms with Crippen molar-refractivity contribution in [2.45, 2.75) is 120 Å². The van der Waals surface area contributed by atoms with Crippen molar-refractivity contribution in [1.29, 1.82) is 0 Å². The van der Waals surface area contributed by atoms with Crippen molar-refractivity contribution >= 4 is 0 Å². The summed E-state index contributed by atoms with van der Waals surface area (Å²) in [7, 11) is 0. The molecule has 2 bridgehead atoms. The lowest BCUT2D eigenvalue weighted by Gasteiger charge is -2.36. The monoisotopic (exact) mass is 438 g/mol. The lowest BCUT2D eigenvalue weighted by Crippen LogP contribution is -2.30. The summed E-state index contributed by atoms with van der Waals surface area (Å²) in [5.41, 5.74) is 2.75. The van der Waals surface area contributed by atoms with Crippen LogP contribution in [0.5, 0.6) is 0 Å². The van der Waals surface area contributed by atoms with E-state index >= 15 is 0 Å².